The average molecular weight is 239 g/mol. The molecule has 0 aliphatic carbocycles. The van der Waals surface area contributed by atoms with Gasteiger partial charge in [0.2, 0.25) is 5.91 Å². The normalized spacial score (nSPS) is 9.76. The Kier molecular flexibility index (Phi) is 3.37. The van der Waals surface area contributed by atoms with Gasteiger partial charge in [-0.15, -0.1) is 0 Å². The first-order chi connectivity index (χ1) is 7.84. The SMILES string of the molecule is CC(=O)N(C)c1ccc([N+](=O)[O-])cc1[N+](=O)[O-]. The Hall–Kier alpha value is -2.51. The van der Waals surface area contributed by atoms with E-state index in [0.29, 0.717) is 0 Å². The molecular weight excluding hydrogens is 230 g/mol. The van der Waals surface area contributed by atoms with Crippen molar-refractivity contribution in [3.05, 3.63) is 38.4 Å². The number of carbonyl (C=O) groups is 1. The lowest BCUT2D eigenvalue weighted by Gasteiger charge is -2.14. The number of non-ortho nitro benzene ring substituents is 1. The van der Waals surface area contributed by atoms with E-state index in [-0.39, 0.29) is 5.69 Å². The van der Waals surface area contributed by atoms with Crippen LogP contribution in [0.1, 0.15) is 6.92 Å². The Balaban J connectivity index is 3.37. The summed E-state index contributed by atoms with van der Waals surface area (Å²) in [5.41, 5.74) is -0.845. The predicted octanol–water partition coefficient (Wildman–Crippen LogP) is 1.49. The Bertz CT molecular complexity index is 499. The van der Waals surface area contributed by atoms with Gasteiger partial charge >= 0.3 is 0 Å². The molecule has 8 heteroatoms. The second-order valence-corrected chi connectivity index (χ2v) is 3.27. The second kappa shape index (κ2) is 4.56. The molecule has 0 radical (unpaired) electrons. The number of anilines is 1. The molecule has 0 unspecified atom stereocenters. The maximum atomic E-state index is 11.1. The lowest BCUT2D eigenvalue weighted by atomic mass is 10.2. The first-order valence-corrected chi connectivity index (χ1v) is 4.51. The van der Waals surface area contributed by atoms with E-state index < -0.39 is 27.1 Å². The van der Waals surface area contributed by atoms with Crippen LogP contribution in [0.2, 0.25) is 0 Å². The van der Waals surface area contributed by atoms with Crippen LogP contribution in [-0.2, 0) is 4.79 Å². The van der Waals surface area contributed by atoms with Crippen molar-refractivity contribution in [3.63, 3.8) is 0 Å². The van der Waals surface area contributed by atoms with E-state index in [0.717, 1.165) is 17.0 Å². The predicted molar refractivity (Wildman–Crippen MR) is 58.8 cm³/mol. The van der Waals surface area contributed by atoms with Crippen LogP contribution in [0.3, 0.4) is 0 Å². The Morgan fingerprint density at radius 3 is 2.24 bits per heavy atom. The fourth-order valence-electron chi connectivity index (χ4n) is 1.22. The van der Waals surface area contributed by atoms with E-state index in [9.17, 15) is 25.0 Å². The van der Waals surface area contributed by atoms with E-state index >= 15 is 0 Å². The zero-order chi connectivity index (χ0) is 13.2. The van der Waals surface area contributed by atoms with E-state index in [1.54, 1.807) is 0 Å². The number of carbonyl (C=O) groups excluding carboxylic acids is 1. The van der Waals surface area contributed by atoms with Crippen molar-refractivity contribution >= 4 is 23.0 Å². The molecule has 1 rings (SSSR count). The largest absolute Gasteiger partial charge is 0.310 e. The molecule has 0 aliphatic heterocycles. The van der Waals surface area contributed by atoms with Crippen LogP contribution < -0.4 is 4.90 Å². The average Bonchev–Trinajstić information content (AvgIpc) is 2.26. The minimum absolute atomic E-state index is 0.0214. The Labute approximate surface area is 95.8 Å². The van der Waals surface area contributed by atoms with Crippen LogP contribution in [-0.4, -0.2) is 22.8 Å². The van der Waals surface area contributed by atoms with Crippen LogP contribution in [0.25, 0.3) is 0 Å². The zero-order valence-electron chi connectivity index (χ0n) is 9.11. The molecule has 0 aliphatic rings. The quantitative estimate of drug-likeness (QED) is 0.586. The number of benzene rings is 1. The number of hydrogen-bond acceptors (Lipinski definition) is 5. The highest BCUT2D eigenvalue weighted by atomic mass is 16.6. The molecule has 1 aromatic rings. The molecule has 1 amide bonds. The van der Waals surface area contributed by atoms with Crippen LogP contribution in [0.15, 0.2) is 18.2 Å². The van der Waals surface area contributed by atoms with Crippen molar-refractivity contribution in [1.82, 2.24) is 0 Å². The smallest absolute Gasteiger partial charge is 0.299 e. The molecule has 1 aromatic carbocycles. The van der Waals surface area contributed by atoms with Crippen molar-refractivity contribution in [2.45, 2.75) is 6.92 Å². The van der Waals surface area contributed by atoms with Crippen LogP contribution in [0.5, 0.6) is 0 Å². The standard InChI is InChI=1S/C9H9N3O5/c1-6(13)10(2)8-4-3-7(11(14)15)5-9(8)12(16)17/h3-5H,1-2H3. The van der Waals surface area contributed by atoms with E-state index in [1.165, 1.54) is 20.0 Å². The van der Waals surface area contributed by atoms with E-state index in [1.807, 2.05) is 0 Å². The third kappa shape index (κ3) is 2.54. The number of rotatable bonds is 3. The summed E-state index contributed by atoms with van der Waals surface area (Å²) >= 11 is 0. The minimum Gasteiger partial charge on any atom is -0.310 e. The molecule has 17 heavy (non-hydrogen) atoms. The van der Waals surface area contributed by atoms with Crippen LogP contribution in [0, 0.1) is 20.2 Å². The van der Waals surface area contributed by atoms with Crippen molar-refractivity contribution < 1.29 is 14.6 Å². The summed E-state index contributed by atoms with van der Waals surface area (Å²) in [6, 6.07) is 3.12. The Morgan fingerprint density at radius 2 is 1.82 bits per heavy atom. The van der Waals surface area contributed by atoms with E-state index in [4.69, 9.17) is 0 Å². The summed E-state index contributed by atoms with van der Waals surface area (Å²) in [6.45, 7) is 1.24. The number of amides is 1. The van der Waals surface area contributed by atoms with Crippen molar-refractivity contribution in [3.8, 4) is 0 Å². The summed E-state index contributed by atoms with van der Waals surface area (Å²) in [5, 5.41) is 21.3. The monoisotopic (exact) mass is 239 g/mol. The van der Waals surface area contributed by atoms with Gasteiger partial charge < -0.3 is 4.90 Å². The van der Waals surface area contributed by atoms with Crippen LogP contribution in [0.4, 0.5) is 17.1 Å². The van der Waals surface area contributed by atoms with Gasteiger partial charge in [0.05, 0.1) is 15.9 Å². The number of nitro groups is 2. The minimum atomic E-state index is -0.762. The molecule has 0 atom stereocenters. The van der Waals surface area contributed by atoms with Crippen molar-refractivity contribution in [2.75, 3.05) is 11.9 Å². The van der Waals surface area contributed by atoms with Gasteiger partial charge in [-0.05, 0) is 6.07 Å². The first kappa shape index (κ1) is 12.6. The molecule has 0 N–H and O–H groups in total. The van der Waals surface area contributed by atoms with Gasteiger partial charge in [0.15, 0.2) is 0 Å². The highest BCUT2D eigenvalue weighted by molar-refractivity contribution is 5.93. The zero-order valence-corrected chi connectivity index (χ0v) is 9.11. The lowest BCUT2D eigenvalue weighted by molar-refractivity contribution is -0.393. The van der Waals surface area contributed by atoms with Crippen LogP contribution >= 0.6 is 0 Å². The fourth-order valence-corrected chi connectivity index (χ4v) is 1.22. The lowest BCUT2D eigenvalue weighted by Crippen LogP contribution is -2.23. The van der Waals surface area contributed by atoms with Crippen molar-refractivity contribution in [1.29, 1.82) is 0 Å². The van der Waals surface area contributed by atoms with Gasteiger partial charge in [0.25, 0.3) is 11.4 Å². The summed E-state index contributed by atoms with van der Waals surface area (Å²) in [5.74, 6) is -0.401. The molecule has 0 aromatic heterocycles. The van der Waals surface area contributed by atoms with Gasteiger partial charge in [-0.3, -0.25) is 25.0 Å². The molecule has 8 nitrogen and oxygen atoms in total. The summed E-state index contributed by atoms with van der Waals surface area (Å²) in [7, 11) is 1.36. The Morgan fingerprint density at radius 1 is 1.24 bits per heavy atom. The fraction of sp³-hybridized carbons (Fsp3) is 0.222. The molecule has 0 spiro atoms. The maximum absolute atomic E-state index is 11.1. The third-order valence-corrected chi connectivity index (χ3v) is 2.20. The third-order valence-electron chi connectivity index (χ3n) is 2.20. The highest BCUT2D eigenvalue weighted by Gasteiger charge is 2.23. The number of hydrogen-bond donors (Lipinski definition) is 0. The van der Waals surface area contributed by atoms with Crippen molar-refractivity contribution in [2.24, 2.45) is 0 Å². The molecular formula is C9H9N3O5. The van der Waals surface area contributed by atoms with Gasteiger partial charge in [-0.1, -0.05) is 0 Å². The van der Waals surface area contributed by atoms with Gasteiger partial charge in [-0.25, -0.2) is 0 Å². The molecule has 90 valence electrons. The summed E-state index contributed by atoms with van der Waals surface area (Å²) in [4.78, 5) is 31.9. The molecule has 0 heterocycles. The number of nitro benzene ring substituents is 2. The molecule has 0 fully saturated rings. The maximum Gasteiger partial charge on any atom is 0.299 e. The second-order valence-electron chi connectivity index (χ2n) is 3.27. The van der Waals surface area contributed by atoms with Gasteiger partial charge in [0.1, 0.15) is 5.69 Å². The highest BCUT2D eigenvalue weighted by Crippen LogP contribution is 2.31. The van der Waals surface area contributed by atoms with Gasteiger partial charge in [-0.2, -0.15) is 0 Å². The van der Waals surface area contributed by atoms with E-state index in [2.05, 4.69) is 0 Å². The molecule has 0 bridgehead atoms. The topological polar surface area (TPSA) is 107 Å². The molecule has 0 saturated carbocycles. The molecule has 0 saturated heterocycles. The summed E-state index contributed by atoms with van der Waals surface area (Å²) in [6.07, 6.45) is 0. The summed E-state index contributed by atoms with van der Waals surface area (Å²) < 4.78 is 0. The van der Waals surface area contributed by atoms with Gasteiger partial charge in [0, 0.05) is 20.0 Å². The first-order valence-electron chi connectivity index (χ1n) is 4.51. The number of nitrogens with zero attached hydrogens (tertiary/aromatic N) is 3.